The highest BCUT2D eigenvalue weighted by Gasteiger charge is 2.15. The number of carbonyl (C=O) groups is 1. The Morgan fingerprint density at radius 2 is 1.96 bits per heavy atom. The van der Waals surface area contributed by atoms with Crippen LogP contribution >= 0.6 is 0 Å². The number of nitrogens with one attached hydrogen (secondary N) is 2. The van der Waals surface area contributed by atoms with Gasteiger partial charge >= 0.3 is 0 Å². The minimum Gasteiger partial charge on any atom is -0.496 e. The summed E-state index contributed by atoms with van der Waals surface area (Å²) in [6.07, 6.45) is 2.72. The topological polar surface area (TPSA) is 79.4 Å². The van der Waals surface area contributed by atoms with Gasteiger partial charge in [0.05, 0.1) is 13.5 Å². The van der Waals surface area contributed by atoms with Crippen LogP contribution in [0, 0.1) is 6.92 Å². The molecule has 1 aromatic heterocycles. The minimum atomic E-state index is -0.0378. The van der Waals surface area contributed by atoms with Crippen molar-refractivity contribution in [3.05, 3.63) is 41.6 Å². The molecule has 1 amide bonds. The molecule has 2 aromatic rings. The molecule has 0 radical (unpaired) electrons. The minimum absolute atomic E-state index is 0.0378. The molecule has 2 heterocycles. The fourth-order valence-electron chi connectivity index (χ4n) is 3.20. The number of rotatable bonds is 8. The van der Waals surface area contributed by atoms with Crippen molar-refractivity contribution < 1.29 is 9.53 Å². The van der Waals surface area contributed by atoms with Crippen molar-refractivity contribution >= 4 is 17.7 Å². The van der Waals surface area contributed by atoms with E-state index in [2.05, 4.69) is 25.5 Å². The van der Waals surface area contributed by atoms with Crippen LogP contribution in [0.1, 0.15) is 24.1 Å². The third-order valence-electron chi connectivity index (χ3n) is 4.54. The third-order valence-corrected chi connectivity index (χ3v) is 4.54. The molecule has 144 valence electrons. The lowest BCUT2D eigenvalue weighted by molar-refractivity contribution is -0.120. The highest BCUT2D eigenvalue weighted by atomic mass is 16.5. The lowest BCUT2D eigenvalue weighted by Gasteiger charge is -2.17. The van der Waals surface area contributed by atoms with Crippen LogP contribution in [0.4, 0.5) is 11.8 Å². The summed E-state index contributed by atoms with van der Waals surface area (Å²) in [6, 6.07) is 9.57. The van der Waals surface area contributed by atoms with Crippen LogP contribution in [-0.2, 0) is 11.2 Å². The van der Waals surface area contributed by atoms with Gasteiger partial charge in [-0.1, -0.05) is 18.2 Å². The number of ether oxygens (including phenoxy) is 1. The molecule has 0 saturated carbocycles. The van der Waals surface area contributed by atoms with Crippen molar-refractivity contribution in [2.24, 2.45) is 0 Å². The number of nitrogens with zero attached hydrogens (tertiary/aromatic N) is 3. The summed E-state index contributed by atoms with van der Waals surface area (Å²) < 4.78 is 5.28. The Bertz CT molecular complexity index is 775. The number of hydrogen-bond donors (Lipinski definition) is 2. The molecule has 27 heavy (non-hydrogen) atoms. The van der Waals surface area contributed by atoms with E-state index in [9.17, 15) is 4.79 Å². The Morgan fingerprint density at radius 3 is 2.74 bits per heavy atom. The average Bonchev–Trinajstić information content (AvgIpc) is 3.20. The van der Waals surface area contributed by atoms with Crippen LogP contribution in [0.2, 0.25) is 0 Å². The average molecular weight is 369 g/mol. The number of methoxy groups -OCH3 is 1. The molecule has 7 nitrogen and oxygen atoms in total. The molecule has 1 aliphatic heterocycles. The first-order valence-corrected chi connectivity index (χ1v) is 9.39. The number of hydrogen-bond acceptors (Lipinski definition) is 6. The van der Waals surface area contributed by atoms with Crippen molar-refractivity contribution in [3.8, 4) is 5.75 Å². The lowest BCUT2D eigenvalue weighted by atomic mass is 10.1. The van der Waals surface area contributed by atoms with Gasteiger partial charge in [0.1, 0.15) is 11.6 Å². The Labute approximate surface area is 160 Å². The standard InChI is InChI=1S/C20H27N5O2/c1-15-13-18(25-11-5-6-12-25)24-20(23-15)22-10-9-21-19(26)14-16-7-3-4-8-17(16)27-2/h3-4,7-8,13H,5-6,9-12,14H2,1-2H3,(H,21,26)(H,22,23,24). The monoisotopic (exact) mass is 369 g/mol. The third kappa shape index (κ3) is 5.32. The van der Waals surface area contributed by atoms with E-state index in [1.54, 1.807) is 7.11 Å². The summed E-state index contributed by atoms with van der Waals surface area (Å²) in [6.45, 7) is 5.15. The number of para-hydroxylation sites is 1. The molecule has 0 atom stereocenters. The fourth-order valence-corrected chi connectivity index (χ4v) is 3.20. The number of anilines is 2. The molecule has 1 aliphatic rings. The second-order valence-corrected chi connectivity index (χ2v) is 6.65. The van der Waals surface area contributed by atoms with Crippen LogP contribution in [0.15, 0.2) is 30.3 Å². The molecule has 0 aliphatic carbocycles. The predicted octanol–water partition coefficient (Wildman–Crippen LogP) is 2.16. The van der Waals surface area contributed by atoms with Gasteiger partial charge in [-0.3, -0.25) is 4.79 Å². The van der Waals surface area contributed by atoms with E-state index in [1.807, 2.05) is 37.3 Å². The van der Waals surface area contributed by atoms with Gasteiger partial charge < -0.3 is 20.3 Å². The molecule has 1 saturated heterocycles. The maximum Gasteiger partial charge on any atom is 0.224 e. The molecular formula is C20H27N5O2. The van der Waals surface area contributed by atoms with E-state index in [-0.39, 0.29) is 5.91 Å². The van der Waals surface area contributed by atoms with E-state index in [0.717, 1.165) is 35.9 Å². The van der Waals surface area contributed by atoms with Gasteiger partial charge in [0.15, 0.2) is 0 Å². The largest absolute Gasteiger partial charge is 0.496 e. The summed E-state index contributed by atoms with van der Waals surface area (Å²) in [5, 5.41) is 6.12. The van der Waals surface area contributed by atoms with Gasteiger partial charge in [0.2, 0.25) is 11.9 Å². The van der Waals surface area contributed by atoms with Gasteiger partial charge in [-0.2, -0.15) is 4.98 Å². The second-order valence-electron chi connectivity index (χ2n) is 6.65. The van der Waals surface area contributed by atoms with Crippen LogP contribution in [0.25, 0.3) is 0 Å². The van der Waals surface area contributed by atoms with Crippen LogP contribution in [-0.4, -0.2) is 49.2 Å². The Morgan fingerprint density at radius 1 is 1.19 bits per heavy atom. The molecule has 7 heteroatoms. The van der Waals surface area contributed by atoms with Crippen molar-refractivity contribution in [2.45, 2.75) is 26.2 Å². The number of aromatic nitrogens is 2. The van der Waals surface area contributed by atoms with Gasteiger partial charge in [-0.25, -0.2) is 4.98 Å². The van der Waals surface area contributed by atoms with E-state index in [4.69, 9.17) is 4.74 Å². The molecule has 1 aromatic carbocycles. The van der Waals surface area contributed by atoms with E-state index in [0.29, 0.717) is 25.5 Å². The highest BCUT2D eigenvalue weighted by Crippen LogP contribution is 2.20. The van der Waals surface area contributed by atoms with E-state index in [1.165, 1.54) is 12.8 Å². The van der Waals surface area contributed by atoms with E-state index < -0.39 is 0 Å². The highest BCUT2D eigenvalue weighted by molar-refractivity contribution is 5.79. The Kier molecular flexibility index (Phi) is 6.46. The van der Waals surface area contributed by atoms with E-state index >= 15 is 0 Å². The molecule has 3 rings (SSSR count). The molecule has 1 fully saturated rings. The maximum atomic E-state index is 12.1. The number of aryl methyl sites for hydroxylation is 1. The zero-order chi connectivity index (χ0) is 19.1. The number of amides is 1. The van der Waals surface area contributed by atoms with Crippen LogP contribution in [0.3, 0.4) is 0 Å². The van der Waals surface area contributed by atoms with Crippen LogP contribution < -0.4 is 20.3 Å². The summed E-state index contributed by atoms with van der Waals surface area (Å²) in [5.74, 6) is 2.27. The zero-order valence-corrected chi connectivity index (χ0v) is 16.0. The summed E-state index contributed by atoms with van der Waals surface area (Å²) >= 11 is 0. The first kappa shape index (κ1) is 18.9. The van der Waals surface area contributed by atoms with Gasteiger partial charge in [0, 0.05) is 43.5 Å². The SMILES string of the molecule is COc1ccccc1CC(=O)NCCNc1nc(C)cc(N2CCCC2)n1. The maximum absolute atomic E-state index is 12.1. The molecule has 0 unspecified atom stereocenters. The molecule has 2 N–H and O–H groups in total. The van der Waals surface area contributed by atoms with Gasteiger partial charge in [-0.05, 0) is 25.8 Å². The molecular weight excluding hydrogens is 342 g/mol. The number of benzene rings is 1. The quantitative estimate of drug-likeness (QED) is 0.694. The fraction of sp³-hybridized carbons (Fsp3) is 0.450. The lowest BCUT2D eigenvalue weighted by Crippen LogP contribution is -2.30. The first-order chi connectivity index (χ1) is 13.2. The van der Waals surface area contributed by atoms with Crippen LogP contribution in [0.5, 0.6) is 5.75 Å². The summed E-state index contributed by atoms with van der Waals surface area (Å²) in [5.41, 5.74) is 1.82. The first-order valence-electron chi connectivity index (χ1n) is 9.39. The van der Waals surface area contributed by atoms with Crippen molar-refractivity contribution in [1.82, 2.24) is 15.3 Å². The smallest absolute Gasteiger partial charge is 0.224 e. The zero-order valence-electron chi connectivity index (χ0n) is 16.0. The van der Waals surface area contributed by atoms with Gasteiger partial charge in [0.25, 0.3) is 0 Å². The molecule has 0 spiro atoms. The normalized spacial score (nSPS) is 13.5. The van der Waals surface area contributed by atoms with Crippen molar-refractivity contribution in [2.75, 3.05) is 43.5 Å². The molecule has 0 bridgehead atoms. The summed E-state index contributed by atoms with van der Waals surface area (Å²) in [4.78, 5) is 23.5. The second kappa shape index (κ2) is 9.21. The number of carbonyl (C=O) groups excluding carboxylic acids is 1. The van der Waals surface area contributed by atoms with Crippen molar-refractivity contribution in [3.63, 3.8) is 0 Å². The van der Waals surface area contributed by atoms with Crippen molar-refractivity contribution in [1.29, 1.82) is 0 Å². The summed E-state index contributed by atoms with van der Waals surface area (Å²) in [7, 11) is 1.61. The van der Waals surface area contributed by atoms with Gasteiger partial charge in [-0.15, -0.1) is 0 Å². The predicted molar refractivity (Wildman–Crippen MR) is 106 cm³/mol. The Hall–Kier alpha value is -2.83. The Balaban J connectivity index is 1.46.